The Morgan fingerprint density at radius 3 is 2.33 bits per heavy atom. The van der Waals surface area contributed by atoms with E-state index in [0.717, 1.165) is 10.4 Å². The number of carbonyl (C=O) groups is 5. The lowest BCUT2D eigenvalue weighted by Crippen LogP contribution is -2.39. The van der Waals surface area contributed by atoms with Crippen molar-refractivity contribution in [2.75, 3.05) is 38.5 Å². The number of nitrogens with one attached hydrogen (secondary N) is 3. The number of rotatable bonds is 13. The molecule has 4 aromatic rings. The Balaban J connectivity index is 1.34. The number of benzene rings is 3. The highest BCUT2D eigenvalue weighted by atomic mass is 32.2. The number of hydrogen-bond acceptors (Lipinski definition) is 11. The van der Waals surface area contributed by atoms with Crippen molar-refractivity contribution in [3.8, 4) is 11.5 Å². The summed E-state index contributed by atoms with van der Waals surface area (Å²) in [6, 6.07) is 20.7. The minimum absolute atomic E-state index is 0.0476. The average Bonchev–Trinajstić information content (AvgIpc) is 3.55. The summed E-state index contributed by atoms with van der Waals surface area (Å²) < 4.78 is 21.6. The summed E-state index contributed by atoms with van der Waals surface area (Å²) in [5.41, 5.74) is 1.60. The number of methoxy groups -OCH3 is 3. The molecule has 0 spiro atoms. The molecule has 2 heterocycles. The molecular weight excluding hydrogens is 769 g/mol. The zero-order chi connectivity index (χ0) is 41.3. The molecule has 0 bridgehead atoms. The molecular formula is C42H46N4O9S2. The van der Waals surface area contributed by atoms with Gasteiger partial charge in [-0.3, -0.25) is 14.4 Å². The number of nitrogens with zero attached hydrogens (tertiary/aromatic N) is 1. The number of para-hydroxylation sites is 1. The molecule has 1 aromatic heterocycles. The van der Waals surface area contributed by atoms with Crippen molar-refractivity contribution in [3.63, 3.8) is 0 Å². The van der Waals surface area contributed by atoms with Crippen LogP contribution >= 0.6 is 23.1 Å². The van der Waals surface area contributed by atoms with Gasteiger partial charge in [0.25, 0.3) is 11.8 Å². The lowest BCUT2D eigenvalue weighted by molar-refractivity contribution is -0.116. The monoisotopic (exact) mass is 814 g/mol. The molecule has 3 aromatic carbocycles. The molecule has 5 rings (SSSR count). The fraction of sp³-hybridized carbons (Fsp3) is 0.310. The number of carbonyl (C=O) groups excluding carboxylic acids is 5. The standard InChI is InChI=1S/C42H46N4O9S2/c1-8-32(38(49)45-39-34(40(50)54-7)29-20-21-46(24-33(29)57-39)41(51)55-42(2,3)4)56-28-18-13-17-27(23-28)43-37(48)30(44-36(47)25-14-10-9-11-15-25)22-26-16-12-19-31(52-5)35(26)53-6/h9-19,22-23,32H,8,20-21,24H2,1-7H3,(H,43,48)(H,44,47)(H,45,49)/b30-22+. The highest BCUT2D eigenvalue weighted by Gasteiger charge is 2.33. The second-order valence-corrected chi connectivity index (χ2v) is 16.2. The molecule has 1 unspecified atom stereocenters. The number of anilines is 2. The Bertz CT molecular complexity index is 2160. The van der Waals surface area contributed by atoms with Gasteiger partial charge in [0.05, 0.1) is 38.7 Å². The Morgan fingerprint density at radius 2 is 1.67 bits per heavy atom. The molecule has 3 N–H and O–H groups in total. The molecule has 0 fully saturated rings. The van der Waals surface area contributed by atoms with Crippen LogP contribution in [0.25, 0.3) is 6.08 Å². The fourth-order valence-electron chi connectivity index (χ4n) is 5.94. The number of esters is 1. The molecule has 1 aliphatic rings. The van der Waals surface area contributed by atoms with Crippen LogP contribution < -0.4 is 25.4 Å². The van der Waals surface area contributed by atoms with Gasteiger partial charge in [-0.05, 0) is 81.7 Å². The predicted octanol–water partition coefficient (Wildman–Crippen LogP) is 7.76. The van der Waals surface area contributed by atoms with Gasteiger partial charge in [0.1, 0.15) is 16.3 Å². The number of fused-ring (bicyclic) bond motifs is 1. The van der Waals surface area contributed by atoms with Crippen molar-refractivity contribution in [2.45, 2.75) is 62.8 Å². The van der Waals surface area contributed by atoms with Crippen LogP contribution in [0.5, 0.6) is 11.5 Å². The van der Waals surface area contributed by atoms with E-state index in [1.807, 2.05) is 13.0 Å². The van der Waals surface area contributed by atoms with E-state index < -0.39 is 34.7 Å². The van der Waals surface area contributed by atoms with Gasteiger partial charge in [-0.25, -0.2) is 9.59 Å². The molecule has 0 aliphatic carbocycles. The van der Waals surface area contributed by atoms with Crippen LogP contribution in [0.3, 0.4) is 0 Å². The number of thioether (sulfide) groups is 1. The lowest BCUT2D eigenvalue weighted by Gasteiger charge is -2.30. The normalized spacial score (nSPS) is 13.1. The van der Waals surface area contributed by atoms with Crippen molar-refractivity contribution in [1.29, 1.82) is 0 Å². The van der Waals surface area contributed by atoms with E-state index in [9.17, 15) is 24.0 Å². The van der Waals surface area contributed by atoms with Crippen LogP contribution in [0.4, 0.5) is 15.5 Å². The number of ether oxygens (including phenoxy) is 4. The molecule has 300 valence electrons. The van der Waals surface area contributed by atoms with E-state index in [0.29, 0.717) is 57.6 Å². The van der Waals surface area contributed by atoms with Crippen LogP contribution in [0, 0.1) is 0 Å². The van der Waals surface area contributed by atoms with E-state index in [-0.39, 0.29) is 23.7 Å². The van der Waals surface area contributed by atoms with Gasteiger partial charge < -0.3 is 39.8 Å². The van der Waals surface area contributed by atoms with Gasteiger partial charge in [-0.2, -0.15) is 0 Å². The number of amides is 4. The maximum atomic E-state index is 13.9. The van der Waals surface area contributed by atoms with Crippen LogP contribution in [-0.4, -0.2) is 73.4 Å². The molecule has 15 heteroatoms. The van der Waals surface area contributed by atoms with E-state index in [1.165, 1.54) is 50.5 Å². The van der Waals surface area contributed by atoms with Crippen LogP contribution in [0.2, 0.25) is 0 Å². The van der Waals surface area contributed by atoms with E-state index >= 15 is 0 Å². The quantitative estimate of drug-likeness (QED) is 0.0691. The maximum Gasteiger partial charge on any atom is 0.410 e. The van der Waals surface area contributed by atoms with E-state index in [2.05, 4.69) is 16.0 Å². The zero-order valence-electron chi connectivity index (χ0n) is 32.8. The first-order valence-corrected chi connectivity index (χ1v) is 19.8. The molecule has 0 saturated heterocycles. The summed E-state index contributed by atoms with van der Waals surface area (Å²) in [5, 5.41) is 8.33. The van der Waals surface area contributed by atoms with Crippen molar-refractivity contribution in [2.24, 2.45) is 0 Å². The molecule has 1 aliphatic heterocycles. The summed E-state index contributed by atoms with van der Waals surface area (Å²) in [6.07, 6.45) is 1.90. The number of hydrogen-bond donors (Lipinski definition) is 3. The summed E-state index contributed by atoms with van der Waals surface area (Å²) >= 11 is 2.53. The molecule has 0 saturated carbocycles. The van der Waals surface area contributed by atoms with E-state index in [1.54, 1.807) is 92.4 Å². The van der Waals surface area contributed by atoms with Crippen molar-refractivity contribution < 1.29 is 42.9 Å². The third-order valence-electron chi connectivity index (χ3n) is 8.63. The first kappa shape index (κ1) is 42.3. The third-order valence-corrected chi connectivity index (χ3v) is 11.1. The summed E-state index contributed by atoms with van der Waals surface area (Å²) in [4.78, 5) is 69.7. The van der Waals surface area contributed by atoms with Crippen LogP contribution in [0.1, 0.15) is 70.8 Å². The largest absolute Gasteiger partial charge is 0.493 e. The Kier molecular flexibility index (Phi) is 14.0. The van der Waals surface area contributed by atoms with Crippen LogP contribution in [-0.2, 0) is 32.0 Å². The predicted molar refractivity (Wildman–Crippen MR) is 221 cm³/mol. The van der Waals surface area contributed by atoms with E-state index in [4.69, 9.17) is 18.9 Å². The third kappa shape index (κ3) is 10.7. The van der Waals surface area contributed by atoms with Gasteiger partial charge in [0.15, 0.2) is 11.5 Å². The molecule has 57 heavy (non-hydrogen) atoms. The summed E-state index contributed by atoms with van der Waals surface area (Å²) in [7, 11) is 4.28. The smallest absolute Gasteiger partial charge is 0.410 e. The highest BCUT2D eigenvalue weighted by molar-refractivity contribution is 8.00. The fourth-order valence-corrected chi connectivity index (χ4v) is 8.21. The highest BCUT2D eigenvalue weighted by Crippen LogP contribution is 2.39. The molecule has 4 amide bonds. The van der Waals surface area contributed by atoms with Crippen molar-refractivity contribution in [3.05, 3.63) is 106 Å². The average molecular weight is 815 g/mol. The van der Waals surface area contributed by atoms with Gasteiger partial charge >= 0.3 is 12.1 Å². The van der Waals surface area contributed by atoms with Crippen molar-refractivity contribution >= 4 is 69.6 Å². The minimum Gasteiger partial charge on any atom is -0.493 e. The SMILES string of the molecule is CCC(Sc1cccc(NC(=O)/C(=C\c2cccc(OC)c2OC)NC(=O)c2ccccc2)c1)C(=O)Nc1sc2c(c1C(=O)OC)CCN(C(=O)OC(C)(C)C)C2. The topological polar surface area (TPSA) is 162 Å². The van der Waals surface area contributed by atoms with Gasteiger partial charge in [-0.1, -0.05) is 43.3 Å². The summed E-state index contributed by atoms with van der Waals surface area (Å²) in [6.45, 7) is 7.86. The molecule has 0 radical (unpaired) electrons. The summed E-state index contributed by atoms with van der Waals surface area (Å²) in [5.74, 6) is -1.15. The maximum absolute atomic E-state index is 13.9. The molecule has 13 nitrogen and oxygen atoms in total. The molecule has 1 atom stereocenters. The second kappa shape index (κ2) is 18.9. The van der Waals surface area contributed by atoms with Gasteiger partial charge in [-0.15, -0.1) is 23.1 Å². The minimum atomic E-state index is -0.659. The van der Waals surface area contributed by atoms with Crippen LogP contribution in [0.15, 0.2) is 83.4 Å². The van der Waals surface area contributed by atoms with Crippen molar-refractivity contribution in [1.82, 2.24) is 10.2 Å². The Morgan fingerprint density at radius 1 is 0.930 bits per heavy atom. The second-order valence-electron chi connectivity index (χ2n) is 13.8. The number of thiophene rings is 1. The van der Waals surface area contributed by atoms with Gasteiger partial charge in [0, 0.05) is 33.1 Å². The Labute approximate surface area is 340 Å². The zero-order valence-corrected chi connectivity index (χ0v) is 34.5. The Hall–Kier alpha value is -5.80. The first-order valence-electron chi connectivity index (χ1n) is 18.1. The lowest BCUT2D eigenvalue weighted by atomic mass is 10.0. The van der Waals surface area contributed by atoms with Gasteiger partial charge in [0.2, 0.25) is 5.91 Å². The first-order chi connectivity index (χ1) is 27.2.